The van der Waals surface area contributed by atoms with E-state index in [1.165, 1.54) is 11.6 Å². The summed E-state index contributed by atoms with van der Waals surface area (Å²) >= 11 is 0. The Hall–Kier alpha value is -1.87. The molecule has 0 spiro atoms. The zero-order valence-corrected chi connectivity index (χ0v) is 12.0. The molecule has 1 aliphatic rings. The Morgan fingerprint density at radius 1 is 1.05 bits per heavy atom. The third kappa shape index (κ3) is 3.82. The summed E-state index contributed by atoms with van der Waals surface area (Å²) in [6, 6.07) is 17.1. The second kappa shape index (κ2) is 6.72. The molecule has 0 unspecified atom stereocenters. The van der Waals surface area contributed by atoms with Gasteiger partial charge in [-0.3, -0.25) is 4.90 Å². The number of likely N-dealkylation sites (tertiary alicyclic amines) is 1. The highest BCUT2D eigenvalue weighted by Gasteiger charge is 2.23. The Morgan fingerprint density at radius 2 is 1.81 bits per heavy atom. The lowest BCUT2D eigenvalue weighted by molar-refractivity contribution is 0.231. The molecule has 0 aromatic heterocycles. The first kappa shape index (κ1) is 14.1. The van der Waals surface area contributed by atoms with Crippen LogP contribution in [0.25, 0.3) is 0 Å². The van der Waals surface area contributed by atoms with Gasteiger partial charge in [-0.2, -0.15) is 0 Å². The lowest BCUT2D eigenvalue weighted by Gasteiger charge is -2.16. The van der Waals surface area contributed by atoms with Gasteiger partial charge in [0.1, 0.15) is 0 Å². The quantitative estimate of drug-likeness (QED) is 0.830. The van der Waals surface area contributed by atoms with Gasteiger partial charge in [-0.15, -0.1) is 0 Å². The Labute approximate surface area is 125 Å². The number of para-hydroxylation sites is 1. The van der Waals surface area contributed by atoms with Crippen LogP contribution in [0.15, 0.2) is 54.6 Å². The largest absolute Gasteiger partial charge is 0.490 e. The molecule has 0 saturated carbocycles. The first-order valence-electron chi connectivity index (χ1n) is 7.45. The van der Waals surface area contributed by atoms with Gasteiger partial charge in [-0.1, -0.05) is 42.5 Å². The van der Waals surface area contributed by atoms with Crippen LogP contribution in [-0.4, -0.2) is 24.6 Å². The van der Waals surface area contributed by atoms with Gasteiger partial charge in [0.25, 0.3) is 0 Å². The summed E-state index contributed by atoms with van der Waals surface area (Å²) in [6.45, 7) is 3.67. The highest BCUT2D eigenvalue weighted by molar-refractivity contribution is 5.23. The number of halogens is 1. The van der Waals surface area contributed by atoms with Crippen molar-refractivity contribution in [2.75, 3.05) is 19.7 Å². The molecule has 1 saturated heterocycles. The minimum absolute atomic E-state index is 0.281. The predicted octanol–water partition coefficient (Wildman–Crippen LogP) is 3.73. The second-order valence-corrected chi connectivity index (χ2v) is 5.62. The number of nitrogens with zero attached hydrogens (tertiary/aromatic N) is 1. The van der Waals surface area contributed by atoms with E-state index in [1.807, 2.05) is 6.07 Å². The summed E-state index contributed by atoms with van der Waals surface area (Å²) in [6.07, 6.45) is 1.11. The van der Waals surface area contributed by atoms with Crippen LogP contribution in [0.4, 0.5) is 4.39 Å². The normalized spacial score (nSPS) is 18.8. The molecule has 2 aromatic carbocycles. The number of rotatable bonds is 5. The van der Waals surface area contributed by atoms with Crippen LogP contribution in [0.3, 0.4) is 0 Å². The summed E-state index contributed by atoms with van der Waals surface area (Å²) in [7, 11) is 0. The van der Waals surface area contributed by atoms with Crippen molar-refractivity contribution < 1.29 is 9.13 Å². The van der Waals surface area contributed by atoms with Crippen molar-refractivity contribution >= 4 is 0 Å². The van der Waals surface area contributed by atoms with Crippen LogP contribution in [0.2, 0.25) is 0 Å². The standard InChI is InChI=1S/C18H20FNO/c19-17-8-4-5-9-18(17)21-14-16-10-11-20(13-16)12-15-6-2-1-3-7-15/h1-9,16H,10-14H2/t16-/m1/s1. The van der Waals surface area contributed by atoms with Crippen LogP contribution in [0, 0.1) is 11.7 Å². The Morgan fingerprint density at radius 3 is 2.62 bits per heavy atom. The monoisotopic (exact) mass is 285 g/mol. The fourth-order valence-corrected chi connectivity index (χ4v) is 2.80. The highest BCUT2D eigenvalue weighted by Crippen LogP contribution is 2.21. The minimum atomic E-state index is -0.281. The van der Waals surface area contributed by atoms with E-state index in [1.54, 1.807) is 18.2 Å². The zero-order valence-electron chi connectivity index (χ0n) is 12.0. The van der Waals surface area contributed by atoms with E-state index >= 15 is 0 Å². The average Bonchev–Trinajstić information content (AvgIpc) is 2.95. The molecule has 1 fully saturated rings. The van der Waals surface area contributed by atoms with E-state index in [4.69, 9.17) is 4.74 Å². The lowest BCUT2D eigenvalue weighted by atomic mass is 10.1. The zero-order chi connectivity index (χ0) is 14.5. The molecular weight excluding hydrogens is 265 g/mol. The van der Waals surface area contributed by atoms with Gasteiger partial charge < -0.3 is 4.74 Å². The molecule has 0 aliphatic carbocycles. The van der Waals surface area contributed by atoms with Crippen molar-refractivity contribution in [3.8, 4) is 5.75 Å². The second-order valence-electron chi connectivity index (χ2n) is 5.62. The van der Waals surface area contributed by atoms with Crippen LogP contribution in [0.1, 0.15) is 12.0 Å². The lowest BCUT2D eigenvalue weighted by Crippen LogP contribution is -2.22. The number of hydrogen-bond donors (Lipinski definition) is 0. The van der Waals surface area contributed by atoms with Crippen molar-refractivity contribution in [1.82, 2.24) is 4.90 Å². The van der Waals surface area contributed by atoms with Gasteiger partial charge in [0, 0.05) is 19.0 Å². The molecule has 2 aromatic rings. The summed E-state index contributed by atoms with van der Waals surface area (Å²) < 4.78 is 19.1. The molecule has 3 heteroatoms. The summed E-state index contributed by atoms with van der Waals surface area (Å²) in [5, 5.41) is 0. The molecule has 1 atom stereocenters. The van der Waals surface area contributed by atoms with Gasteiger partial charge >= 0.3 is 0 Å². The van der Waals surface area contributed by atoms with E-state index in [0.29, 0.717) is 18.3 Å². The molecule has 0 bridgehead atoms. The molecule has 3 rings (SSSR count). The van der Waals surface area contributed by atoms with Gasteiger partial charge in [-0.25, -0.2) is 4.39 Å². The summed E-state index contributed by atoms with van der Waals surface area (Å²) in [4.78, 5) is 2.44. The number of ether oxygens (including phenoxy) is 1. The van der Waals surface area contributed by atoms with Crippen LogP contribution in [0.5, 0.6) is 5.75 Å². The van der Waals surface area contributed by atoms with E-state index in [9.17, 15) is 4.39 Å². The maximum Gasteiger partial charge on any atom is 0.165 e. The van der Waals surface area contributed by atoms with E-state index in [-0.39, 0.29) is 5.82 Å². The molecule has 110 valence electrons. The Bertz CT molecular complexity index is 572. The Kier molecular flexibility index (Phi) is 4.51. The van der Waals surface area contributed by atoms with E-state index in [0.717, 1.165) is 26.1 Å². The van der Waals surface area contributed by atoms with E-state index in [2.05, 4.69) is 29.2 Å². The van der Waals surface area contributed by atoms with Crippen LogP contribution < -0.4 is 4.74 Å². The molecule has 0 radical (unpaired) electrons. The fourth-order valence-electron chi connectivity index (χ4n) is 2.80. The van der Waals surface area contributed by atoms with E-state index < -0.39 is 0 Å². The van der Waals surface area contributed by atoms with Gasteiger partial charge in [0.15, 0.2) is 11.6 Å². The van der Waals surface area contributed by atoms with Crippen molar-refractivity contribution in [2.24, 2.45) is 5.92 Å². The minimum Gasteiger partial charge on any atom is -0.490 e. The SMILES string of the molecule is Fc1ccccc1OC[C@@H]1CCN(Cc2ccccc2)C1. The van der Waals surface area contributed by atoms with Gasteiger partial charge in [0.05, 0.1) is 6.61 Å². The van der Waals surface area contributed by atoms with Gasteiger partial charge in [0.2, 0.25) is 0 Å². The molecule has 1 aliphatic heterocycles. The first-order valence-corrected chi connectivity index (χ1v) is 7.45. The molecule has 21 heavy (non-hydrogen) atoms. The summed E-state index contributed by atoms with van der Waals surface area (Å²) in [5.74, 6) is 0.559. The van der Waals surface area contributed by atoms with Crippen molar-refractivity contribution in [3.63, 3.8) is 0 Å². The van der Waals surface area contributed by atoms with Crippen LogP contribution >= 0.6 is 0 Å². The maximum atomic E-state index is 13.5. The molecule has 0 amide bonds. The topological polar surface area (TPSA) is 12.5 Å². The predicted molar refractivity (Wildman–Crippen MR) is 81.7 cm³/mol. The fraction of sp³-hybridized carbons (Fsp3) is 0.333. The number of hydrogen-bond acceptors (Lipinski definition) is 2. The third-order valence-corrected chi connectivity index (χ3v) is 3.93. The third-order valence-electron chi connectivity index (χ3n) is 3.93. The number of benzene rings is 2. The van der Waals surface area contributed by atoms with Crippen molar-refractivity contribution in [1.29, 1.82) is 0 Å². The van der Waals surface area contributed by atoms with Crippen molar-refractivity contribution in [2.45, 2.75) is 13.0 Å². The highest BCUT2D eigenvalue weighted by atomic mass is 19.1. The molecule has 1 heterocycles. The van der Waals surface area contributed by atoms with Crippen molar-refractivity contribution in [3.05, 3.63) is 66.0 Å². The smallest absolute Gasteiger partial charge is 0.165 e. The Balaban J connectivity index is 1.48. The first-order chi connectivity index (χ1) is 10.3. The molecule has 0 N–H and O–H groups in total. The average molecular weight is 285 g/mol. The van der Waals surface area contributed by atoms with Crippen LogP contribution in [-0.2, 0) is 6.54 Å². The maximum absolute atomic E-state index is 13.5. The van der Waals surface area contributed by atoms with Gasteiger partial charge in [-0.05, 0) is 30.7 Å². The molecular formula is C18H20FNO. The summed E-state index contributed by atoms with van der Waals surface area (Å²) in [5.41, 5.74) is 1.34. The molecule has 2 nitrogen and oxygen atoms in total.